The van der Waals surface area contributed by atoms with Crippen molar-refractivity contribution in [2.75, 3.05) is 12.3 Å². The van der Waals surface area contributed by atoms with Crippen LogP contribution in [0, 0.1) is 6.92 Å². The number of rotatable bonds is 2. The summed E-state index contributed by atoms with van der Waals surface area (Å²) in [6.45, 7) is 5.13. The number of benzene rings is 1. The van der Waals surface area contributed by atoms with Gasteiger partial charge in [-0.2, -0.15) is 0 Å². The summed E-state index contributed by atoms with van der Waals surface area (Å²) in [5.74, 6) is 0. The van der Waals surface area contributed by atoms with Crippen molar-refractivity contribution in [3.8, 4) is 0 Å². The first kappa shape index (κ1) is 12.2. The molecule has 0 aliphatic carbocycles. The van der Waals surface area contributed by atoms with Crippen LogP contribution in [0.3, 0.4) is 0 Å². The number of anilines is 1. The molecule has 1 aromatic heterocycles. The van der Waals surface area contributed by atoms with Crippen LogP contribution in [0.15, 0.2) is 36.7 Å². The van der Waals surface area contributed by atoms with Crippen LogP contribution < -0.4 is 5.73 Å². The topological polar surface area (TPSA) is 42.2 Å². The molecule has 1 aliphatic heterocycles. The quantitative estimate of drug-likeness (QED) is 0.836. The van der Waals surface area contributed by atoms with E-state index in [0.29, 0.717) is 0 Å². The van der Waals surface area contributed by atoms with Gasteiger partial charge in [-0.1, -0.05) is 12.1 Å². The van der Waals surface area contributed by atoms with Gasteiger partial charge >= 0.3 is 0 Å². The zero-order chi connectivity index (χ0) is 13.2. The standard InChI is InChI=1S/C16H19N3/c1-12-6-13(9-18-8-12)10-19-5-4-14-2-3-16(17)7-15(14)11-19/h2-3,6-9H,4-5,10-11,17H2,1H3. The second-order valence-electron chi connectivity index (χ2n) is 5.36. The van der Waals surface area contributed by atoms with Crippen LogP contribution in [0.1, 0.15) is 22.3 Å². The Bertz CT molecular complexity index is 592. The zero-order valence-electron chi connectivity index (χ0n) is 11.3. The molecular formula is C16H19N3. The highest BCUT2D eigenvalue weighted by Gasteiger charge is 2.16. The summed E-state index contributed by atoms with van der Waals surface area (Å²) >= 11 is 0. The SMILES string of the molecule is Cc1cncc(CN2CCc3ccc(N)cc3C2)c1. The molecule has 1 aromatic carbocycles. The van der Waals surface area contributed by atoms with Crippen molar-refractivity contribution < 1.29 is 0 Å². The van der Waals surface area contributed by atoms with E-state index in [1.807, 2.05) is 18.5 Å². The summed E-state index contributed by atoms with van der Waals surface area (Å²) in [6.07, 6.45) is 4.96. The highest BCUT2D eigenvalue weighted by atomic mass is 15.1. The van der Waals surface area contributed by atoms with Gasteiger partial charge in [0.05, 0.1) is 0 Å². The van der Waals surface area contributed by atoms with Crippen molar-refractivity contribution in [3.63, 3.8) is 0 Å². The van der Waals surface area contributed by atoms with Crippen LogP contribution in [0.4, 0.5) is 5.69 Å². The van der Waals surface area contributed by atoms with Gasteiger partial charge in [-0.15, -0.1) is 0 Å². The number of hydrogen-bond acceptors (Lipinski definition) is 3. The lowest BCUT2D eigenvalue weighted by Crippen LogP contribution is -2.30. The fourth-order valence-corrected chi connectivity index (χ4v) is 2.73. The fourth-order valence-electron chi connectivity index (χ4n) is 2.73. The van der Waals surface area contributed by atoms with Crippen molar-refractivity contribution >= 4 is 5.69 Å². The van der Waals surface area contributed by atoms with Crippen molar-refractivity contribution in [1.29, 1.82) is 0 Å². The van der Waals surface area contributed by atoms with Crippen LogP contribution in [0.5, 0.6) is 0 Å². The van der Waals surface area contributed by atoms with E-state index >= 15 is 0 Å². The van der Waals surface area contributed by atoms with Crippen LogP contribution >= 0.6 is 0 Å². The molecule has 3 nitrogen and oxygen atoms in total. The number of nitrogen functional groups attached to an aromatic ring is 1. The Kier molecular flexibility index (Phi) is 3.22. The van der Waals surface area contributed by atoms with Gasteiger partial charge in [-0.25, -0.2) is 0 Å². The second-order valence-corrected chi connectivity index (χ2v) is 5.36. The van der Waals surface area contributed by atoms with Crippen molar-refractivity contribution in [2.45, 2.75) is 26.4 Å². The van der Waals surface area contributed by atoms with E-state index in [4.69, 9.17) is 5.73 Å². The van der Waals surface area contributed by atoms with E-state index in [9.17, 15) is 0 Å². The van der Waals surface area contributed by atoms with Gasteiger partial charge in [0.1, 0.15) is 0 Å². The molecule has 0 bridgehead atoms. The molecule has 0 saturated heterocycles. The lowest BCUT2D eigenvalue weighted by atomic mass is 9.99. The lowest BCUT2D eigenvalue weighted by Gasteiger charge is -2.29. The molecule has 1 aliphatic rings. The predicted octanol–water partition coefficient (Wildman–Crippen LogP) is 2.53. The maximum atomic E-state index is 5.87. The smallest absolute Gasteiger partial charge is 0.0317 e. The average Bonchev–Trinajstić information content (AvgIpc) is 2.38. The molecule has 3 rings (SSSR count). The number of nitrogens with zero attached hydrogens (tertiary/aromatic N) is 2. The summed E-state index contributed by atoms with van der Waals surface area (Å²) in [5.41, 5.74) is 12.0. The molecule has 2 aromatic rings. The van der Waals surface area contributed by atoms with Gasteiger partial charge in [0.2, 0.25) is 0 Å². The van der Waals surface area contributed by atoms with Gasteiger partial charge in [-0.05, 0) is 47.7 Å². The largest absolute Gasteiger partial charge is 0.399 e. The summed E-state index contributed by atoms with van der Waals surface area (Å²) in [6, 6.07) is 8.48. The Morgan fingerprint density at radius 2 is 2.11 bits per heavy atom. The third kappa shape index (κ3) is 2.76. The maximum absolute atomic E-state index is 5.87. The third-order valence-corrected chi connectivity index (χ3v) is 3.66. The van der Waals surface area contributed by atoms with Crippen LogP contribution in [0.25, 0.3) is 0 Å². The molecule has 2 heterocycles. The number of nitrogens with two attached hydrogens (primary N) is 1. The Hall–Kier alpha value is -1.87. The maximum Gasteiger partial charge on any atom is 0.0317 e. The highest BCUT2D eigenvalue weighted by molar-refractivity contribution is 5.45. The summed E-state index contributed by atoms with van der Waals surface area (Å²) in [4.78, 5) is 6.72. The van der Waals surface area contributed by atoms with Crippen LogP contribution in [-0.2, 0) is 19.5 Å². The van der Waals surface area contributed by atoms with Gasteiger partial charge < -0.3 is 5.73 Å². The number of aryl methyl sites for hydroxylation is 1. The van der Waals surface area contributed by atoms with Gasteiger partial charge in [0.25, 0.3) is 0 Å². The van der Waals surface area contributed by atoms with Gasteiger partial charge in [0.15, 0.2) is 0 Å². The summed E-state index contributed by atoms with van der Waals surface area (Å²) in [7, 11) is 0. The molecule has 0 spiro atoms. The highest BCUT2D eigenvalue weighted by Crippen LogP contribution is 2.22. The zero-order valence-corrected chi connectivity index (χ0v) is 11.3. The minimum absolute atomic E-state index is 0.859. The molecule has 0 radical (unpaired) electrons. The Labute approximate surface area is 114 Å². The van der Waals surface area contributed by atoms with Crippen molar-refractivity contribution in [2.24, 2.45) is 0 Å². The molecule has 0 unspecified atom stereocenters. The molecule has 0 fully saturated rings. The number of pyridine rings is 1. The van der Waals surface area contributed by atoms with Gasteiger partial charge in [0, 0.05) is 37.7 Å². The van der Waals surface area contributed by atoms with E-state index in [0.717, 1.165) is 31.7 Å². The van der Waals surface area contributed by atoms with E-state index in [1.54, 1.807) is 0 Å². The first-order valence-electron chi connectivity index (χ1n) is 6.71. The Balaban J connectivity index is 1.75. The lowest BCUT2D eigenvalue weighted by molar-refractivity contribution is 0.245. The Morgan fingerprint density at radius 1 is 1.21 bits per heavy atom. The number of aromatic nitrogens is 1. The minimum Gasteiger partial charge on any atom is -0.399 e. The van der Waals surface area contributed by atoms with E-state index < -0.39 is 0 Å². The molecule has 0 atom stereocenters. The molecule has 0 saturated carbocycles. The molecule has 0 amide bonds. The van der Waals surface area contributed by atoms with Crippen molar-refractivity contribution in [1.82, 2.24) is 9.88 Å². The molecule has 2 N–H and O–H groups in total. The van der Waals surface area contributed by atoms with E-state index in [-0.39, 0.29) is 0 Å². The monoisotopic (exact) mass is 253 g/mol. The third-order valence-electron chi connectivity index (χ3n) is 3.66. The normalized spacial score (nSPS) is 15.2. The predicted molar refractivity (Wildman–Crippen MR) is 77.6 cm³/mol. The molecule has 98 valence electrons. The number of hydrogen-bond donors (Lipinski definition) is 1. The summed E-state index contributed by atoms with van der Waals surface area (Å²) < 4.78 is 0. The number of fused-ring (bicyclic) bond motifs is 1. The van der Waals surface area contributed by atoms with E-state index in [1.165, 1.54) is 22.3 Å². The average molecular weight is 253 g/mol. The fraction of sp³-hybridized carbons (Fsp3) is 0.312. The molecule has 3 heteroatoms. The minimum atomic E-state index is 0.859. The first-order valence-corrected chi connectivity index (χ1v) is 6.71. The van der Waals surface area contributed by atoms with Crippen molar-refractivity contribution in [3.05, 3.63) is 58.9 Å². The second kappa shape index (κ2) is 5.02. The van der Waals surface area contributed by atoms with Gasteiger partial charge in [-0.3, -0.25) is 9.88 Å². The summed E-state index contributed by atoms with van der Waals surface area (Å²) in [5, 5.41) is 0. The Morgan fingerprint density at radius 3 is 2.95 bits per heavy atom. The van der Waals surface area contributed by atoms with Crippen LogP contribution in [0.2, 0.25) is 0 Å². The molecule has 19 heavy (non-hydrogen) atoms. The first-order chi connectivity index (χ1) is 9.20. The van der Waals surface area contributed by atoms with E-state index in [2.05, 4.69) is 35.0 Å². The van der Waals surface area contributed by atoms with Crippen LogP contribution in [-0.4, -0.2) is 16.4 Å². The molecular weight excluding hydrogens is 234 g/mol.